The van der Waals surface area contributed by atoms with Crippen LogP contribution >= 0.6 is 23.4 Å². The Morgan fingerprint density at radius 3 is 2.38 bits per heavy atom. The first kappa shape index (κ1) is 22.2. The molecule has 0 unspecified atom stereocenters. The normalized spacial score (nSPS) is 15.9. The van der Waals surface area contributed by atoms with Crippen molar-refractivity contribution < 1.29 is 13.2 Å². The summed E-state index contributed by atoms with van der Waals surface area (Å²) in [6, 6.07) is 16.4. The predicted octanol–water partition coefficient (Wildman–Crippen LogP) is 3.79. The van der Waals surface area contributed by atoms with Crippen molar-refractivity contribution in [2.45, 2.75) is 23.5 Å². The molecule has 0 atom stereocenters. The Hall–Kier alpha value is -1.54. The molecule has 3 rings (SSSR count). The van der Waals surface area contributed by atoms with Gasteiger partial charge in [0, 0.05) is 42.1 Å². The smallest absolute Gasteiger partial charge is 0.243 e. The summed E-state index contributed by atoms with van der Waals surface area (Å²) in [6.07, 6.45) is 1.08. The van der Waals surface area contributed by atoms with E-state index in [0.29, 0.717) is 37.5 Å². The lowest BCUT2D eigenvalue weighted by Gasteiger charge is -2.30. The van der Waals surface area contributed by atoms with Crippen LogP contribution < -0.4 is 5.32 Å². The summed E-state index contributed by atoms with van der Waals surface area (Å²) in [4.78, 5) is 12.6. The molecule has 1 aliphatic heterocycles. The van der Waals surface area contributed by atoms with Crippen molar-refractivity contribution in [3.05, 3.63) is 65.2 Å². The van der Waals surface area contributed by atoms with E-state index in [1.54, 1.807) is 23.9 Å². The topological polar surface area (TPSA) is 66.5 Å². The van der Waals surface area contributed by atoms with Gasteiger partial charge < -0.3 is 5.32 Å². The molecule has 0 aliphatic carbocycles. The second kappa shape index (κ2) is 10.5. The molecule has 0 saturated carbocycles. The third-order valence-electron chi connectivity index (χ3n) is 4.93. The zero-order valence-electron chi connectivity index (χ0n) is 16.1. The Morgan fingerprint density at radius 1 is 1.07 bits per heavy atom. The predicted molar refractivity (Wildman–Crippen MR) is 119 cm³/mol. The molecule has 1 heterocycles. The molecule has 2 aromatic rings. The van der Waals surface area contributed by atoms with E-state index in [1.807, 2.05) is 18.2 Å². The Kier molecular flexibility index (Phi) is 8.00. The van der Waals surface area contributed by atoms with Crippen molar-refractivity contribution in [1.29, 1.82) is 0 Å². The standard InChI is InChI=1S/C21H25ClN2O3S2/c22-19-6-8-20(9-7-19)29(26,27)24-13-10-18(11-14-24)21(25)23-12-15-28-16-17-4-2-1-3-5-17/h1-9,18H,10-16H2,(H,23,25). The van der Waals surface area contributed by atoms with E-state index in [1.165, 1.54) is 22.0 Å². The summed E-state index contributed by atoms with van der Waals surface area (Å²) < 4.78 is 26.9. The Bertz CT molecular complexity index is 897. The van der Waals surface area contributed by atoms with Gasteiger partial charge in [0.05, 0.1) is 4.90 Å². The molecule has 1 N–H and O–H groups in total. The highest BCUT2D eigenvalue weighted by Gasteiger charge is 2.31. The van der Waals surface area contributed by atoms with Crippen LogP contribution in [0.15, 0.2) is 59.5 Å². The summed E-state index contributed by atoms with van der Waals surface area (Å²) in [5, 5.41) is 3.49. The number of amides is 1. The van der Waals surface area contributed by atoms with Gasteiger partial charge in [-0.15, -0.1) is 0 Å². The van der Waals surface area contributed by atoms with Gasteiger partial charge in [0.2, 0.25) is 15.9 Å². The monoisotopic (exact) mass is 452 g/mol. The van der Waals surface area contributed by atoms with E-state index in [0.717, 1.165) is 11.5 Å². The molecule has 5 nitrogen and oxygen atoms in total. The van der Waals surface area contributed by atoms with Crippen LogP contribution in [0.4, 0.5) is 0 Å². The molecule has 8 heteroatoms. The molecule has 29 heavy (non-hydrogen) atoms. The summed E-state index contributed by atoms with van der Waals surface area (Å²) in [5.74, 6) is 1.67. The fourth-order valence-corrected chi connectivity index (χ4v) is 5.68. The second-order valence-corrected chi connectivity index (χ2v) is 10.4. The van der Waals surface area contributed by atoms with Gasteiger partial charge in [-0.2, -0.15) is 16.1 Å². The summed E-state index contributed by atoms with van der Waals surface area (Å²) in [7, 11) is -3.54. The number of sulfonamides is 1. The number of thioether (sulfide) groups is 1. The number of hydrogen-bond acceptors (Lipinski definition) is 4. The number of carbonyl (C=O) groups excluding carboxylic acids is 1. The maximum absolute atomic E-state index is 12.7. The fraction of sp³-hybridized carbons (Fsp3) is 0.381. The van der Waals surface area contributed by atoms with Crippen molar-refractivity contribution in [3.63, 3.8) is 0 Å². The molecule has 1 aliphatic rings. The average Bonchev–Trinajstić information content (AvgIpc) is 2.74. The average molecular weight is 453 g/mol. The third-order valence-corrected chi connectivity index (χ3v) is 8.13. The second-order valence-electron chi connectivity index (χ2n) is 6.96. The lowest BCUT2D eigenvalue weighted by molar-refractivity contribution is -0.125. The highest BCUT2D eigenvalue weighted by Crippen LogP contribution is 2.25. The first-order valence-corrected chi connectivity index (χ1v) is 12.6. The molecular weight excluding hydrogens is 428 g/mol. The lowest BCUT2D eigenvalue weighted by atomic mass is 9.97. The van der Waals surface area contributed by atoms with E-state index in [9.17, 15) is 13.2 Å². The maximum Gasteiger partial charge on any atom is 0.243 e. The summed E-state index contributed by atoms with van der Waals surface area (Å²) in [6.45, 7) is 1.33. The minimum atomic E-state index is -3.54. The molecule has 1 saturated heterocycles. The van der Waals surface area contributed by atoms with E-state index < -0.39 is 10.0 Å². The lowest BCUT2D eigenvalue weighted by Crippen LogP contribution is -2.43. The van der Waals surface area contributed by atoms with Crippen LogP contribution in [0.5, 0.6) is 0 Å². The number of hydrogen-bond donors (Lipinski definition) is 1. The van der Waals surface area contributed by atoms with Crippen molar-refractivity contribution in [2.75, 3.05) is 25.4 Å². The molecule has 0 aromatic heterocycles. The van der Waals surface area contributed by atoms with E-state index >= 15 is 0 Å². The number of halogens is 1. The van der Waals surface area contributed by atoms with E-state index in [4.69, 9.17) is 11.6 Å². The molecule has 0 radical (unpaired) electrons. The maximum atomic E-state index is 12.7. The van der Waals surface area contributed by atoms with Crippen molar-refractivity contribution in [2.24, 2.45) is 5.92 Å². The van der Waals surface area contributed by atoms with Gasteiger partial charge in [-0.05, 0) is 42.7 Å². The number of benzene rings is 2. The molecular formula is C21H25ClN2O3S2. The molecule has 1 fully saturated rings. The molecule has 156 valence electrons. The first-order valence-electron chi connectivity index (χ1n) is 9.62. The zero-order valence-corrected chi connectivity index (χ0v) is 18.5. The van der Waals surface area contributed by atoms with Crippen LogP contribution in [0.25, 0.3) is 0 Å². The van der Waals surface area contributed by atoms with Crippen LogP contribution in [0.1, 0.15) is 18.4 Å². The zero-order chi connectivity index (χ0) is 20.7. The largest absolute Gasteiger partial charge is 0.355 e. The van der Waals surface area contributed by atoms with Gasteiger partial charge in [0.25, 0.3) is 0 Å². The minimum absolute atomic E-state index is 0.0221. The number of carbonyl (C=O) groups is 1. The molecule has 0 spiro atoms. The van der Waals surface area contributed by atoms with Crippen LogP contribution in [-0.2, 0) is 20.6 Å². The fourth-order valence-electron chi connectivity index (χ4n) is 3.27. The van der Waals surface area contributed by atoms with Crippen LogP contribution in [0.3, 0.4) is 0 Å². The summed E-state index contributed by atoms with van der Waals surface area (Å²) in [5.41, 5.74) is 1.28. The van der Waals surface area contributed by atoms with E-state index in [-0.39, 0.29) is 16.7 Å². The van der Waals surface area contributed by atoms with Gasteiger partial charge in [-0.25, -0.2) is 8.42 Å². The van der Waals surface area contributed by atoms with Gasteiger partial charge in [-0.1, -0.05) is 41.9 Å². The van der Waals surface area contributed by atoms with Crippen molar-refractivity contribution in [1.82, 2.24) is 9.62 Å². The van der Waals surface area contributed by atoms with Crippen molar-refractivity contribution in [3.8, 4) is 0 Å². The number of nitrogens with one attached hydrogen (secondary N) is 1. The molecule has 2 aromatic carbocycles. The number of nitrogens with zero attached hydrogens (tertiary/aromatic N) is 1. The highest BCUT2D eigenvalue weighted by molar-refractivity contribution is 7.98. The van der Waals surface area contributed by atoms with Gasteiger partial charge >= 0.3 is 0 Å². The minimum Gasteiger partial charge on any atom is -0.355 e. The van der Waals surface area contributed by atoms with Gasteiger partial charge in [0.1, 0.15) is 0 Å². The summed E-state index contributed by atoms with van der Waals surface area (Å²) >= 11 is 7.63. The van der Waals surface area contributed by atoms with Crippen LogP contribution in [0.2, 0.25) is 5.02 Å². The third kappa shape index (κ3) is 6.22. The number of rotatable bonds is 8. The van der Waals surface area contributed by atoms with E-state index in [2.05, 4.69) is 17.4 Å². The Balaban J connectivity index is 1.39. The number of piperidine rings is 1. The van der Waals surface area contributed by atoms with Gasteiger partial charge in [-0.3, -0.25) is 4.79 Å². The van der Waals surface area contributed by atoms with Crippen molar-refractivity contribution >= 4 is 39.3 Å². The Labute approximate surface area is 181 Å². The SMILES string of the molecule is O=C(NCCSCc1ccccc1)C1CCN(S(=O)(=O)c2ccc(Cl)cc2)CC1. The highest BCUT2D eigenvalue weighted by atomic mass is 35.5. The molecule has 1 amide bonds. The quantitative estimate of drug-likeness (QED) is 0.619. The first-order chi connectivity index (χ1) is 14.0. The Morgan fingerprint density at radius 2 is 1.72 bits per heavy atom. The van der Waals surface area contributed by atoms with Crippen LogP contribution in [-0.4, -0.2) is 44.0 Å². The van der Waals surface area contributed by atoms with Gasteiger partial charge in [0.15, 0.2) is 0 Å². The van der Waals surface area contributed by atoms with Crippen LogP contribution in [0, 0.1) is 5.92 Å². The molecule has 0 bridgehead atoms.